The minimum atomic E-state index is -3.59. The molecule has 1 atom stereocenters. The fraction of sp³-hybridized carbons (Fsp3) is 0.562. The van der Waals surface area contributed by atoms with Crippen molar-refractivity contribution >= 4 is 27.3 Å². The first-order valence-corrected chi connectivity index (χ1v) is 9.64. The van der Waals surface area contributed by atoms with Gasteiger partial charge in [-0.3, -0.25) is 4.79 Å². The van der Waals surface area contributed by atoms with E-state index in [0.29, 0.717) is 31.0 Å². The van der Waals surface area contributed by atoms with E-state index in [1.165, 1.54) is 10.4 Å². The van der Waals surface area contributed by atoms with Crippen molar-refractivity contribution in [2.45, 2.75) is 32.6 Å². The summed E-state index contributed by atoms with van der Waals surface area (Å²) >= 11 is 0. The maximum atomic E-state index is 12.7. The van der Waals surface area contributed by atoms with Gasteiger partial charge in [-0.2, -0.15) is 4.31 Å². The first kappa shape index (κ1) is 20.4. The number of hydrogen-bond acceptors (Lipinski definition) is 5. The molecule has 4 N–H and O–H groups in total. The molecule has 0 saturated carbocycles. The Hall–Kier alpha value is -1.64. The zero-order valence-electron chi connectivity index (χ0n) is 14.8. The summed E-state index contributed by atoms with van der Waals surface area (Å²) in [4.78, 5) is 12.3. The average Bonchev–Trinajstić information content (AvgIpc) is 2.56. The highest BCUT2D eigenvalue weighted by molar-refractivity contribution is 7.89. The van der Waals surface area contributed by atoms with Crippen molar-refractivity contribution < 1.29 is 13.2 Å². The van der Waals surface area contributed by atoms with Gasteiger partial charge in [0.15, 0.2) is 0 Å². The number of rotatable bonds is 9. The van der Waals surface area contributed by atoms with Crippen LogP contribution in [-0.4, -0.2) is 44.8 Å². The second kappa shape index (κ2) is 9.00. The fourth-order valence-electron chi connectivity index (χ4n) is 2.21. The fourth-order valence-corrected chi connectivity index (χ4v) is 3.69. The van der Waals surface area contributed by atoms with E-state index in [0.717, 1.165) is 0 Å². The standard InChI is InChI=1S/C16H28N4O3S/c1-5-18-14-9-8-13(24(22,23)20(6-2)7-3)10-15(14)19-16(21)12(4)11-17/h8-10,12,18H,5-7,11,17H2,1-4H3,(H,19,21). The summed E-state index contributed by atoms with van der Waals surface area (Å²) in [6, 6.07) is 4.71. The smallest absolute Gasteiger partial charge is 0.243 e. The number of amides is 1. The molecule has 0 aromatic heterocycles. The van der Waals surface area contributed by atoms with Crippen molar-refractivity contribution in [1.82, 2.24) is 4.31 Å². The van der Waals surface area contributed by atoms with Crippen LogP contribution in [0.3, 0.4) is 0 Å². The second-order valence-electron chi connectivity index (χ2n) is 5.45. The van der Waals surface area contributed by atoms with Gasteiger partial charge < -0.3 is 16.4 Å². The van der Waals surface area contributed by atoms with Gasteiger partial charge >= 0.3 is 0 Å². The third-order valence-electron chi connectivity index (χ3n) is 3.76. The van der Waals surface area contributed by atoms with E-state index in [2.05, 4.69) is 10.6 Å². The highest BCUT2D eigenvalue weighted by atomic mass is 32.2. The van der Waals surface area contributed by atoms with Gasteiger partial charge in [0.25, 0.3) is 0 Å². The topological polar surface area (TPSA) is 105 Å². The van der Waals surface area contributed by atoms with Gasteiger partial charge in [0.2, 0.25) is 15.9 Å². The van der Waals surface area contributed by atoms with Gasteiger partial charge in [-0.15, -0.1) is 0 Å². The van der Waals surface area contributed by atoms with Gasteiger partial charge in [-0.1, -0.05) is 20.8 Å². The van der Waals surface area contributed by atoms with Gasteiger partial charge in [-0.25, -0.2) is 8.42 Å². The summed E-state index contributed by atoms with van der Waals surface area (Å²) in [6.07, 6.45) is 0. The maximum Gasteiger partial charge on any atom is 0.243 e. The van der Waals surface area contributed by atoms with Gasteiger partial charge in [0, 0.05) is 32.1 Å². The zero-order chi connectivity index (χ0) is 18.3. The summed E-state index contributed by atoms with van der Waals surface area (Å²) in [7, 11) is -3.59. The molecule has 0 heterocycles. The number of nitrogens with zero attached hydrogens (tertiary/aromatic N) is 1. The van der Waals surface area contributed by atoms with Crippen LogP contribution in [0, 0.1) is 5.92 Å². The number of benzene rings is 1. The van der Waals surface area contributed by atoms with E-state index in [9.17, 15) is 13.2 Å². The third kappa shape index (κ3) is 4.68. The van der Waals surface area contributed by atoms with Crippen molar-refractivity contribution in [3.63, 3.8) is 0 Å². The van der Waals surface area contributed by atoms with Crippen LogP contribution in [0.25, 0.3) is 0 Å². The zero-order valence-corrected chi connectivity index (χ0v) is 15.6. The van der Waals surface area contributed by atoms with Crippen molar-refractivity contribution in [2.24, 2.45) is 11.7 Å². The predicted octanol–water partition coefficient (Wildman–Crippen LogP) is 1.68. The Labute approximate surface area is 144 Å². The van der Waals surface area contributed by atoms with Crippen molar-refractivity contribution in [2.75, 3.05) is 36.8 Å². The highest BCUT2D eigenvalue weighted by Gasteiger charge is 2.23. The summed E-state index contributed by atoms with van der Waals surface area (Å²) in [6.45, 7) is 8.88. The summed E-state index contributed by atoms with van der Waals surface area (Å²) in [5, 5.41) is 5.89. The Bertz CT molecular complexity index is 657. The Morgan fingerprint density at radius 2 is 1.83 bits per heavy atom. The molecule has 0 fully saturated rings. The molecule has 1 aromatic carbocycles. The summed E-state index contributed by atoms with van der Waals surface area (Å²) in [5.41, 5.74) is 6.63. The molecule has 0 aliphatic carbocycles. The first-order chi connectivity index (χ1) is 11.3. The number of nitrogens with one attached hydrogen (secondary N) is 2. The van der Waals surface area contributed by atoms with E-state index in [-0.39, 0.29) is 23.3 Å². The molecule has 0 aliphatic rings. The van der Waals surface area contributed by atoms with Crippen LogP contribution in [0.1, 0.15) is 27.7 Å². The van der Waals surface area contributed by atoms with Gasteiger partial charge in [0.05, 0.1) is 16.3 Å². The molecule has 0 aliphatic heterocycles. The predicted molar refractivity (Wildman–Crippen MR) is 97.6 cm³/mol. The van der Waals surface area contributed by atoms with Gasteiger partial charge in [-0.05, 0) is 25.1 Å². The lowest BCUT2D eigenvalue weighted by Crippen LogP contribution is -2.31. The number of carbonyl (C=O) groups excluding carboxylic acids is 1. The number of carbonyl (C=O) groups is 1. The van der Waals surface area contributed by atoms with E-state index in [1.54, 1.807) is 32.9 Å². The SMILES string of the molecule is CCNc1ccc(S(=O)(=O)N(CC)CC)cc1NC(=O)C(C)CN. The number of sulfonamides is 1. The molecule has 7 nitrogen and oxygen atoms in total. The second-order valence-corrected chi connectivity index (χ2v) is 7.39. The monoisotopic (exact) mass is 356 g/mol. The molecule has 1 unspecified atom stereocenters. The molecule has 0 saturated heterocycles. The van der Waals surface area contributed by atoms with Crippen LogP contribution >= 0.6 is 0 Å². The molecule has 0 spiro atoms. The molecule has 1 aromatic rings. The van der Waals surface area contributed by atoms with Crippen LogP contribution in [0.2, 0.25) is 0 Å². The normalized spacial score (nSPS) is 12.9. The summed E-state index contributed by atoms with van der Waals surface area (Å²) < 4.78 is 26.7. The minimum absolute atomic E-state index is 0.156. The van der Waals surface area contributed by atoms with Crippen molar-refractivity contribution in [3.05, 3.63) is 18.2 Å². The number of nitrogens with two attached hydrogens (primary N) is 1. The molecule has 136 valence electrons. The molecule has 8 heteroatoms. The molecule has 1 rings (SSSR count). The van der Waals surface area contributed by atoms with Crippen LogP contribution in [0.4, 0.5) is 11.4 Å². The number of hydrogen-bond donors (Lipinski definition) is 3. The van der Waals surface area contributed by atoms with Crippen LogP contribution in [-0.2, 0) is 14.8 Å². The lowest BCUT2D eigenvalue weighted by Gasteiger charge is -2.20. The molecular formula is C16H28N4O3S. The highest BCUT2D eigenvalue weighted by Crippen LogP contribution is 2.27. The molecule has 1 amide bonds. The molecular weight excluding hydrogens is 328 g/mol. The van der Waals surface area contributed by atoms with Crippen LogP contribution in [0.5, 0.6) is 0 Å². The third-order valence-corrected chi connectivity index (χ3v) is 5.81. The minimum Gasteiger partial charge on any atom is -0.384 e. The van der Waals surface area contributed by atoms with Gasteiger partial charge in [0.1, 0.15) is 0 Å². The van der Waals surface area contributed by atoms with E-state index >= 15 is 0 Å². The van der Waals surface area contributed by atoms with Crippen molar-refractivity contribution in [3.8, 4) is 0 Å². The Morgan fingerprint density at radius 3 is 2.33 bits per heavy atom. The molecule has 0 radical (unpaired) electrons. The van der Waals surface area contributed by atoms with Crippen molar-refractivity contribution in [1.29, 1.82) is 0 Å². The lowest BCUT2D eigenvalue weighted by atomic mass is 10.1. The van der Waals surface area contributed by atoms with E-state index in [4.69, 9.17) is 5.73 Å². The molecule has 0 bridgehead atoms. The van der Waals surface area contributed by atoms with E-state index in [1.807, 2.05) is 6.92 Å². The maximum absolute atomic E-state index is 12.7. The quantitative estimate of drug-likeness (QED) is 0.624. The first-order valence-electron chi connectivity index (χ1n) is 8.20. The summed E-state index contributed by atoms with van der Waals surface area (Å²) in [5.74, 6) is -0.600. The Balaban J connectivity index is 3.28. The average molecular weight is 356 g/mol. The molecule has 24 heavy (non-hydrogen) atoms. The van der Waals surface area contributed by atoms with E-state index < -0.39 is 10.0 Å². The Morgan fingerprint density at radius 1 is 1.21 bits per heavy atom. The van der Waals surface area contributed by atoms with Crippen LogP contribution in [0.15, 0.2) is 23.1 Å². The largest absolute Gasteiger partial charge is 0.384 e. The number of anilines is 2. The Kier molecular flexibility index (Phi) is 7.65. The lowest BCUT2D eigenvalue weighted by molar-refractivity contribution is -0.119. The van der Waals surface area contributed by atoms with Crippen LogP contribution < -0.4 is 16.4 Å².